The number of aromatic nitrogens is 2. The molecular formula is C15H24N4OS. The molecule has 2 heterocycles. The molecule has 0 aliphatic carbocycles. The summed E-state index contributed by atoms with van der Waals surface area (Å²) < 4.78 is 0. The molecular weight excluding hydrogens is 284 g/mol. The molecule has 1 amide bonds. The maximum atomic E-state index is 11.3. The first-order valence-electron chi connectivity index (χ1n) is 7.29. The van der Waals surface area contributed by atoms with E-state index in [2.05, 4.69) is 41.7 Å². The lowest BCUT2D eigenvalue weighted by Gasteiger charge is -2.32. The van der Waals surface area contributed by atoms with Crippen LogP contribution in [0.15, 0.2) is 11.2 Å². The van der Waals surface area contributed by atoms with Crippen molar-refractivity contribution in [2.75, 3.05) is 24.2 Å². The summed E-state index contributed by atoms with van der Waals surface area (Å²) in [6.45, 7) is 8.11. The summed E-state index contributed by atoms with van der Waals surface area (Å²) in [4.78, 5) is 22.7. The minimum atomic E-state index is -0.183. The van der Waals surface area contributed by atoms with E-state index in [1.165, 1.54) is 0 Å². The first-order valence-corrected chi connectivity index (χ1v) is 8.51. The maximum Gasteiger partial charge on any atom is 0.220 e. The van der Waals surface area contributed by atoms with Gasteiger partial charge in [0.25, 0.3) is 0 Å². The van der Waals surface area contributed by atoms with Crippen LogP contribution in [-0.2, 0) is 10.2 Å². The van der Waals surface area contributed by atoms with Crippen LogP contribution >= 0.6 is 11.8 Å². The number of nitrogens with two attached hydrogens (primary N) is 1. The Morgan fingerprint density at radius 2 is 1.95 bits per heavy atom. The molecule has 0 atom stereocenters. The lowest BCUT2D eigenvalue weighted by atomic mass is 9.91. The Labute approximate surface area is 130 Å². The van der Waals surface area contributed by atoms with Gasteiger partial charge in [-0.1, -0.05) is 32.5 Å². The highest BCUT2D eigenvalue weighted by atomic mass is 32.2. The predicted octanol–water partition coefficient (Wildman–Crippen LogP) is 2.20. The average molecular weight is 308 g/mol. The molecule has 21 heavy (non-hydrogen) atoms. The highest BCUT2D eigenvalue weighted by Crippen LogP contribution is 2.28. The molecule has 0 saturated carbocycles. The second-order valence-corrected chi connectivity index (χ2v) is 7.29. The minimum Gasteiger partial charge on any atom is -0.369 e. The molecule has 1 aliphatic rings. The molecule has 0 aromatic carbocycles. The van der Waals surface area contributed by atoms with Crippen molar-refractivity contribution in [1.82, 2.24) is 9.97 Å². The van der Waals surface area contributed by atoms with Crippen LogP contribution in [-0.4, -0.2) is 35.2 Å². The van der Waals surface area contributed by atoms with E-state index < -0.39 is 0 Å². The standard InChI is InChI=1S/C15H24N4OS/c1-15(2,3)11-9-12(18-14(17-11)21-4)19-7-5-10(6-8-19)13(16)20/h9-10H,5-8H2,1-4H3,(H2,16,20). The largest absolute Gasteiger partial charge is 0.369 e. The summed E-state index contributed by atoms with van der Waals surface area (Å²) in [7, 11) is 0. The lowest BCUT2D eigenvalue weighted by molar-refractivity contribution is -0.122. The number of primary amides is 1. The Balaban J connectivity index is 2.22. The van der Waals surface area contributed by atoms with Crippen molar-refractivity contribution < 1.29 is 4.79 Å². The van der Waals surface area contributed by atoms with Gasteiger partial charge in [0.1, 0.15) is 5.82 Å². The number of amides is 1. The molecule has 1 aromatic heterocycles. The fourth-order valence-corrected chi connectivity index (χ4v) is 2.82. The molecule has 1 fully saturated rings. The Bertz CT molecular complexity index is 519. The lowest BCUT2D eigenvalue weighted by Crippen LogP contribution is -2.39. The van der Waals surface area contributed by atoms with Crippen molar-refractivity contribution in [3.63, 3.8) is 0 Å². The van der Waals surface area contributed by atoms with Gasteiger partial charge >= 0.3 is 0 Å². The number of rotatable bonds is 3. The Hall–Kier alpha value is -1.30. The third-order valence-corrected chi connectivity index (χ3v) is 4.41. The summed E-state index contributed by atoms with van der Waals surface area (Å²) in [6.07, 6.45) is 3.60. The van der Waals surface area contributed by atoms with Gasteiger partial charge in [0.05, 0.1) is 5.69 Å². The topological polar surface area (TPSA) is 72.1 Å². The van der Waals surface area contributed by atoms with Gasteiger partial charge in [-0.15, -0.1) is 0 Å². The summed E-state index contributed by atoms with van der Waals surface area (Å²) in [5.74, 6) is 0.782. The van der Waals surface area contributed by atoms with Gasteiger partial charge in [-0.05, 0) is 19.1 Å². The van der Waals surface area contributed by atoms with Gasteiger partial charge in [-0.3, -0.25) is 4.79 Å². The van der Waals surface area contributed by atoms with Crippen LogP contribution in [0, 0.1) is 5.92 Å². The molecule has 1 saturated heterocycles. The van der Waals surface area contributed by atoms with Crippen molar-refractivity contribution in [3.8, 4) is 0 Å². The van der Waals surface area contributed by atoms with Crippen molar-refractivity contribution in [1.29, 1.82) is 0 Å². The highest BCUT2D eigenvalue weighted by molar-refractivity contribution is 7.98. The molecule has 1 aromatic rings. The van der Waals surface area contributed by atoms with Crippen LogP contribution in [0.3, 0.4) is 0 Å². The molecule has 116 valence electrons. The highest BCUT2D eigenvalue weighted by Gasteiger charge is 2.25. The number of piperidine rings is 1. The summed E-state index contributed by atoms with van der Waals surface area (Å²) in [5, 5.41) is 0.800. The first kappa shape index (κ1) is 16.1. The molecule has 5 nitrogen and oxygen atoms in total. The molecule has 2 N–H and O–H groups in total. The number of hydrogen-bond donors (Lipinski definition) is 1. The van der Waals surface area contributed by atoms with Crippen molar-refractivity contribution in [2.24, 2.45) is 11.7 Å². The first-order chi connectivity index (χ1) is 9.81. The second kappa shape index (κ2) is 6.22. The van der Waals surface area contributed by atoms with Gasteiger partial charge in [0.2, 0.25) is 5.91 Å². The van der Waals surface area contributed by atoms with E-state index in [-0.39, 0.29) is 17.2 Å². The average Bonchev–Trinajstić information content (AvgIpc) is 2.46. The number of thioether (sulfide) groups is 1. The molecule has 6 heteroatoms. The zero-order valence-electron chi connectivity index (χ0n) is 13.2. The normalized spacial score (nSPS) is 17.0. The van der Waals surface area contributed by atoms with E-state index in [0.717, 1.165) is 42.6 Å². The fraction of sp³-hybridized carbons (Fsp3) is 0.667. The molecule has 0 radical (unpaired) electrons. The predicted molar refractivity (Wildman–Crippen MR) is 86.6 cm³/mol. The number of carbonyl (C=O) groups is 1. The van der Waals surface area contributed by atoms with Crippen molar-refractivity contribution in [3.05, 3.63) is 11.8 Å². The van der Waals surface area contributed by atoms with Crippen molar-refractivity contribution in [2.45, 2.75) is 44.2 Å². The van der Waals surface area contributed by atoms with E-state index >= 15 is 0 Å². The number of nitrogens with zero attached hydrogens (tertiary/aromatic N) is 3. The van der Waals surface area contributed by atoms with Crippen LogP contribution in [0.5, 0.6) is 0 Å². The third kappa shape index (κ3) is 3.87. The second-order valence-electron chi connectivity index (χ2n) is 6.51. The molecule has 0 spiro atoms. The molecule has 0 unspecified atom stereocenters. The zero-order valence-corrected chi connectivity index (χ0v) is 14.0. The summed E-state index contributed by atoms with van der Waals surface area (Å²) >= 11 is 1.56. The van der Waals surface area contributed by atoms with E-state index in [1.54, 1.807) is 11.8 Å². The smallest absolute Gasteiger partial charge is 0.220 e. The van der Waals surface area contributed by atoms with Crippen LogP contribution < -0.4 is 10.6 Å². The van der Waals surface area contributed by atoms with Crippen molar-refractivity contribution >= 4 is 23.5 Å². The van der Waals surface area contributed by atoms with Crippen LogP contribution in [0.2, 0.25) is 0 Å². The molecule has 2 rings (SSSR count). The van der Waals surface area contributed by atoms with Crippen LogP contribution in [0.1, 0.15) is 39.3 Å². The number of carbonyl (C=O) groups excluding carboxylic acids is 1. The van der Waals surface area contributed by atoms with Crippen LogP contribution in [0.25, 0.3) is 0 Å². The Kier molecular flexibility index (Phi) is 4.76. The molecule has 0 bridgehead atoms. The number of hydrogen-bond acceptors (Lipinski definition) is 5. The monoisotopic (exact) mass is 308 g/mol. The van der Waals surface area contributed by atoms with E-state index in [1.807, 2.05) is 6.26 Å². The van der Waals surface area contributed by atoms with E-state index in [9.17, 15) is 4.79 Å². The van der Waals surface area contributed by atoms with Gasteiger partial charge in [-0.2, -0.15) is 0 Å². The minimum absolute atomic E-state index is 0.00481. The SMILES string of the molecule is CSc1nc(N2CCC(C(N)=O)CC2)cc(C(C)(C)C)n1. The van der Waals surface area contributed by atoms with Gasteiger partial charge in [-0.25, -0.2) is 9.97 Å². The summed E-state index contributed by atoms with van der Waals surface area (Å²) in [5.41, 5.74) is 6.44. The summed E-state index contributed by atoms with van der Waals surface area (Å²) in [6, 6.07) is 2.07. The Morgan fingerprint density at radius 1 is 1.33 bits per heavy atom. The fourth-order valence-electron chi connectivity index (χ4n) is 2.44. The van der Waals surface area contributed by atoms with Gasteiger partial charge in [0.15, 0.2) is 5.16 Å². The van der Waals surface area contributed by atoms with Crippen LogP contribution in [0.4, 0.5) is 5.82 Å². The Morgan fingerprint density at radius 3 is 2.43 bits per heavy atom. The van der Waals surface area contributed by atoms with E-state index in [4.69, 9.17) is 5.73 Å². The van der Waals surface area contributed by atoms with E-state index in [0.29, 0.717) is 0 Å². The van der Waals surface area contributed by atoms with Gasteiger partial charge in [0, 0.05) is 30.5 Å². The maximum absolute atomic E-state index is 11.3. The third-order valence-electron chi connectivity index (χ3n) is 3.86. The quantitative estimate of drug-likeness (QED) is 0.684. The molecule has 1 aliphatic heterocycles. The van der Waals surface area contributed by atoms with Gasteiger partial charge < -0.3 is 10.6 Å². The zero-order chi connectivity index (χ0) is 15.6. The number of anilines is 1.